The first-order chi connectivity index (χ1) is 10.0. The molecule has 1 heterocycles. The van der Waals surface area contributed by atoms with Crippen molar-refractivity contribution >= 4 is 11.8 Å². The second kappa shape index (κ2) is 6.51. The normalized spacial score (nSPS) is 21.0. The molecule has 0 saturated carbocycles. The van der Waals surface area contributed by atoms with Gasteiger partial charge in [0, 0.05) is 6.07 Å². The van der Waals surface area contributed by atoms with Crippen LogP contribution in [0.1, 0.15) is 23.2 Å². The summed E-state index contributed by atoms with van der Waals surface area (Å²) >= 11 is 0. The first kappa shape index (κ1) is 15.2. The number of benzene rings is 1. The molecular weight excluding hydrogens is 281 g/mol. The zero-order chi connectivity index (χ0) is 15.4. The predicted octanol–water partition coefficient (Wildman–Crippen LogP) is -0.159. The van der Waals surface area contributed by atoms with Crippen LogP contribution in [0.15, 0.2) is 18.2 Å². The number of ether oxygens (including phenoxy) is 2. The summed E-state index contributed by atoms with van der Waals surface area (Å²) < 4.78 is 24.4. The lowest BCUT2D eigenvalue weighted by atomic mass is 10.2. The predicted molar refractivity (Wildman–Crippen MR) is 70.6 cm³/mol. The highest BCUT2D eigenvalue weighted by Gasteiger charge is 2.30. The maximum atomic E-state index is 13.5. The molecule has 2 rings (SSSR count). The molecule has 2 atom stereocenters. The molecule has 5 N–H and O–H groups in total. The molecule has 0 radical (unpaired) electrons. The molecule has 0 aliphatic carbocycles. The van der Waals surface area contributed by atoms with Gasteiger partial charge in [-0.2, -0.15) is 0 Å². The van der Waals surface area contributed by atoms with Crippen LogP contribution in [0.3, 0.4) is 0 Å². The molecule has 1 aromatic carbocycles. The van der Waals surface area contributed by atoms with Crippen LogP contribution in [0.4, 0.5) is 4.39 Å². The SMILES string of the molecule is NNC(=O)C1CCC(COc2ccc(C(N)=O)c(F)c2)O1. The topological polar surface area (TPSA) is 117 Å². The van der Waals surface area contributed by atoms with Gasteiger partial charge < -0.3 is 15.2 Å². The number of halogens is 1. The Hall–Kier alpha value is -2.19. The van der Waals surface area contributed by atoms with E-state index in [1.165, 1.54) is 12.1 Å². The second-order valence-electron chi connectivity index (χ2n) is 4.65. The Morgan fingerprint density at radius 1 is 1.43 bits per heavy atom. The Bertz CT molecular complexity index is 552. The van der Waals surface area contributed by atoms with Crippen LogP contribution < -0.4 is 21.7 Å². The standard InChI is InChI=1S/C13H16FN3O4/c14-10-5-7(1-3-9(10)12(15)18)20-6-8-2-4-11(21-8)13(19)17-16/h1,3,5,8,11H,2,4,6,16H2,(H2,15,18)(H,17,19). The van der Waals surface area contributed by atoms with Crippen LogP contribution in [-0.4, -0.2) is 30.6 Å². The summed E-state index contributed by atoms with van der Waals surface area (Å²) in [5.74, 6) is 3.32. The van der Waals surface area contributed by atoms with Gasteiger partial charge in [0.2, 0.25) is 0 Å². The van der Waals surface area contributed by atoms with Crippen LogP contribution in [0.25, 0.3) is 0 Å². The van der Waals surface area contributed by atoms with Gasteiger partial charge in [-0.05, 0) is 25.0 Å². The average molecular weight is 297 g/mol. The van der Waals surface area contributed by atoms with E-state index in [2.05, 4.69) is 0 Å². The minimum atomic E-state index is -0.839. The summed E-state index contributed by atoms with van der Waals surface area (Å²) in [6, 6.07) is 3.79. The number of primary amides is 1. The third-order valence-electron chi connectivity index (χ3n) is 3.18. The third kappa shape index (κ3) is 3.67. The molecule has 114 valence electrons. The Balaban J connectivity index is 1.88. The van der Waals surface area contributed by atoms with Crippen molar-refractivity contribution in [2.45, 2.75) is 25.0 Å². The number of amides is 2. The number of hydrogen-bond acceptors (Lipinski definition) is 5. The van der Waals surface area contributed by atoms with Gasteiger partial charge in [-0.1, -0.05) is 0 Å². The van der Waals surface area contributed by atoms with Gasteiger partial charge in [0.05, 0.1) is 11.7 Å². The minimum absolute atomic E-state index is 0.170. The van der Waals surface area contributed by atoms with Crippen molar-refractivity contribution < 1.29 is 23.5 Å². The molecule has 0 spiro atoms. The maximum absolute atomic E-state index is 13.5. The molecule has 1 fully saturated rings. The lowest BCUT2D eigenvalue weighted by molar-refractivity contribution is -0.132. The smallest absolute Gasteiger partial charge is 0.263 e. The minimum Gasteiger partial charge on any atom is -0.491 e. The molecule has 0 bridgehead atoms. The highest BCUT2D eigenvalue weighted by Crippen LogP contribution is 2.22. The second-order valence-corrected chi connectivity index (χ2v) is 4.65. The number of rotatable bonds is 5. The van der Waals surface area contributed by atoms with E-state index in [9.17, 15) is 14.0 Å². The number of carbonyl (C=O) groups is 2. The molecular formula is C13H16FN3O4. The molecule has 21 heavy (non-hydrogen) atoms. The van der Waals surface area contributed by atoms with E-state index < -0.39 is 17.8 Å². The summed E-state index contributed by atoms with van der Waals surface area (Å²) in [7, 11) is 0. The van der Waals surface area contributed by atoms with Crippen molar-refractivity contribution in [2.75, 3.05) is 6.61 Å². The first-order valence-electron chi connectivity index (χ1n) is 6.39. The molecule has 1 aliphatic rings. The molecule has 1 aliphatic heterocycles. The summed E-state index contributed by atoms with van der Waals surface area (Å²) in [6.07, 6.45) is 0.329. The molecule has 8 heteroatoms. The largest absolute Gasteiger partial charge is 0.491 e. The van der Waals surface area contributed by atoms with Gasteiger partial charge in [-0.15, -0.1) is 0 Å². The molecule has 7 nitrogen and oxygen atoms in total. The van der Waals surface area contributed by atoms with E-state index in [-0.39, 0.29) is 29.9 Å². The zero-order valence-corrected chi connectivity index (χ0v) is 11.2. The van der Waals surface area contributed by atoms with Gasteiger partial charge in [-0.25, -0.2) is 10.2 Å². The molecule has 1 saturated heterocycles. The van der Waals surface area contributed by atoms with E-state index in [1.54, 1.807) is 0 Å². The van der Waals surface area contributed by atoms with Crippen molar-refractivity contribution in [1.82, 2.24) is 5.43 Å². The van der Waals surface area contributed by atoms with Gasteiger partial charge >= 0.3 is 0 Å². The van der Waals surface area contributed by atoms with E-state index in [0.29, 0.717) is 12.8 Å². The van der Waals surface area contributed by atoms with Crippen LogP contribution in [-0.2, 0) is 9.53 Å². The first-order valence-corrected chi connectivity index (χ1v) is 6.39. The van der Waals surface area contributed by atoms with Crippen molar-refractivity contribution in [3.63, 3.8) is 0 Å². The fourth-order valence-electron chi connectivity index (χ4n) is 2.09. The van der Waals surface area contributed by atoms with Crippen LogP contribution in [0.2, 0.25) is 0 Å². The van der Waals surface area contributed by atoms with Crippen molar-refractivity contribution in [3.05, 3.63) is 29.6 Å². The highest BCUT2D eigenvalue weighted by atomic mass is 19.1. The lowest BCUT2D eigenvalue weighted by Crippen LogP contribution is -2.39. The molecule has 2 amide bonds. The summed E-state index contributed by atoms with van der Waals surface area (Å²) in [4.78, 5) is 22.2. The Kier molecular flexibility index (Phi) is 4.71. The average Bonchev–Trinajstić information content (AvgIpc) is 2.92. The van der Waals surface area contributed by atoms with Crippen LogP contribution in [0.5, 0.6) is 5.75 Å². The molecule has 2 unspecified atom stereocenters. The third-order valence-corrected chi connectivity index (χ3v) is 3.18. The Labute approximate surface area is 120 Å². The Morgan fingerprint density at radius 3 is 2.81 bits per heavy atom. The number of carbonyl (C=O) groups excluding carboxylic acids is 2. The van der Waals surface area contributed by atoms with E-state index in [1.807, 2.05) is 5.43 Å². The zero-order valence-electron chi connectivity index (χ0n) is 11.2. The molecule has 0 aromatic heterocycles. The van der Waals surface area contributed by atoms with Crippen molar-refractivity contribution in [3.8, 4) is 5.75 Å². The molecule has 1 aromatic rings. The van der Waals surface area contributed by atoms with E-state index >= 15 is 0 Å². The lowest BCUT2D eigenvalue weighted by Gasteiger charge is -2.14. The number of nitrogens with one attached hydrogen (secondary N) is 1. The summed E-state index contributed by atoms with van der Waals surface area (Å²) in [6.45, 7) is 0.170. The monoisotopic (exact) mass is 297 g/mol. The number of hydrazine groups is 1. The van der Waals surface area contributed by atoms with Gasteiger partial charge in [-0.3, -0.25) is 15.0 Å². The van der Waals surface area contributed by atoms with Crippen LogP contribution in [0, 0.1) is 5.82 Å². The van der Waals surface area contributed by atoms with Gasteiger partial charge in [0.1, 0.15) is 24.3 Å². The van der Waals surface area contributed by atoms with Gasteiger partial charge in [0.25, 0.3) is 11.8 Å². The van der Waals surface area contributed by atoms with Crippen molar-refractivity contribution in [1.29, 1.82) is 0 Å². The fraction of sp³-hybridized carbons (Fsp3) is 0.385. The van der Waals surface area contributed by atoms with Crippen molar-refractivity contribution in [2.24, 2.45) is 11.6 Å². The fourth-order valence-corrected chi connectivity index (χ4v) is 2.09. The Morgan fingerprint density at radius 2 is 2.19 bits per heavy atom. The van der Waals surface area contributed by atoms with E-state index in [0.717, 1.165) is 6.07 Å². The summed E-state index contributed by atoms with van der Waals surface area (Å²) in [5, 5.41) is 0. The highest BCUT2D eigenvalue weighted by molar-refractivity contribution is 5.93. The summed E-state index contributed by atoms with van der Waals surface area (Å²) in [5.41, 5.74) is 6.84. The van der Waals surface area contributed by atoms with E-state index in [4.69, 9.17) is 21.1 Å². The quantitative estimate of drug-likeness (QED) is 0.397. The number of nitrogens with two attached hydrogens (primary N) is 2. The van der Waals surface area contributed by atoms with Crippen LogP contribution >= 0.6 is 0 Å². The van der Waals surface area contributed by atoms with Gasteiger partial charge in [0.15, 0.2) is 0 Å². The maximum Gasteiger partial charge on any atom is 0.263 e. The number of hydrogen-bond donors (Lipinski definition) is 3.